The Morgan fingerprint density at radius 1 is 1.69 bits per heavy atom. The summed E-state index contributed by atoms with van der Waals surface area (Å²) in [5.41, 5.74) is 5.38. The normalized spacial score (nSPS) is 15.4. The maximum absolute atomic E-state index is 10.9. The molecule has 0 atom stereocenters. The second-order valence-corrected chi connectivity index (χ2v) is 3.56. The van der Waals surface area contributed by atoms with Crippen LogP contribution in [0.3, 0.4) is 0 Å². The van der Waals surface area contributed by atoms with Crippen molar-refractivity contribution in [2.75, 3.05) is 18.0 Å². The third-order valence-corrected chi connectivity index (χ3v) is 2.42. The Hall–Kier alpha value is -2.20. The van der Waals surface area contributed by atoms with E-state index in [2.05, 4.69) is 4.98 Å². The fourth-order valence-electron chi connectivity index (χ4n) is 1.63. The highest BCUT2D eigenvalue weighted by Gasteiger charge is 2.32. The summed E-state index contributed by atoms with van der Waals surface area (Å²) >= 11 is 0. The zero-order valence-corrected chi connectivity index (χ0v) is 8.33. The molecular weight excluding hydrogens is 210 g/mol. The quantitative estimate of drug-likeness (QED) is 0.554. The zero-order chi connectivity index (χ0) is 11.7. The standard InChI is InChI=1S/C9H9N5O2/c10-3-6-1-2-12-9(8(6)14(15)16)13-4-7(11)5-13/h1-2,7H,4-5,11H2. The van der Waals surface area contributed by atoms with Gasteiger partial charge in [0, 0.05) is 25.3 Å². The van der Waals surface area contributed by atoms with Crippen LogP contribution < -0.4 is 10.6 Å². The molecule has 0 unspecified atom stereocenters. The van der Waals surface area contributed by atoms with Crippen LogP contribution in [0.25, 0.3) is 0 Å². The number of nitriles is 1. The Kier molecular flexibility index (Phi) is 2.42. The Morgan fingerprint density at radius 2 is 2.38 bits per heavy atom. The van der Waals surface area contributed by atoms with Gasteiger partial charge in [-0.3, -0.25) is 10.1 Å². The summed E-state index contributed by atoms with van der Waals surface area (Å²) in [6.07, 6.45) is 1.39. The van der Waals surface area contributed by atoms with Crippen molar-refractivity contribution in [1.29, 1.82) is 5.26 Å². The van der Waals surface area contributed by atoms with Crippen LogP contribution in [0.15, 0.2) is 12.3 Å². The summed E-state index contributed by atoms with van der Waals surface area (Å²) in [5.74, 6) is 0.228. The topological polar surface area (TPSA) is 109 Å². The summed E-state index contributed by atoms with van der Waals surface area (Å²) in [4.78, 5) is 15.9. The van der Waals surface area contributed by atoms with Crippen LogP contribution in [0.2, 0.25) is 0 Å². The number of nitrogens with two attached hydrogens (primary N) is 1. The van der Waals surface area contributed by atoms with E-state index in [-0.39, 0.29) is 23.1 Å². The molecule has 0 radical (unpaired) electrons. The summed E-state index contributed by atoms with van der Waals surface area (Å²) in [6.45, 7) is 1.06. The van der Waals surface area contributed by atoms with E-state index in [1.54, 1.807) is 11.0 Å². The first-order valence-corrected chi connectivity index (χ1v) is 4.67. The molecule has 0 spiro atoms. The number of pyridine rings is 1. The fraction of sp³-hybridized carbons (Fsp3) is 0.333. The van der Waals surface area contributed by atoms with E-state index >= 15 is 0 Å². The number of anilines is 1. The van der Waals surface area contributed by atoms with Gasteiger partial charge in [-0.25, -0.2) is 4.98 Å². The molecule has 1 aromatic heterocycles. The van der Waals surface area contributed by atoms with Gasteiger partial charge in [0.15, 0.2) is 0 Å². The van der Waals surface area contributed by atoms with Crippen LogP contribution in [0.1, 0.15) is 5.56 Å². The van der Waals surface area contributed by atoms with E-state index in [1.165, 1.54) is 12.3 Å². The number of hydrogen-bond donors (Lipinski definition) is 1. The Balaban J connectivity index is 2.45. The van der Waals surface area contributed by atoms with Gasteiger partial charge in [0.05, 0.1) is 4.92 Å². The van der Waals surface area contributed by atoms with Crippen LogP contribution in [0.5, 0.6) is 0 Å². The number of nitro groups is 1. The molecule has 0 bridgehead atoms. The number of aromatic nitrogens is 1. The number of rotatable bonds is 2. The van der Waals surface area contributed by atoms with Gasteiger partial charge in [-0.15, -0.1) is 0 Å². The second-order valence-electron chi connectivity index (χ2n) is 3.56. The molecule has 7 heteroatoms. The van der Waals surface area contributed by atoms with Crippen molar-refractivity contribution in [3.8, 4) is 6.07 Å². The molecule has 0 amide bonds. The third kappa shape index (κ3) is 1.55. The molecule has 82 valence electrons. The van der Waals surface area contributed by atoms with Crippen LogP contribution in [0.4, 0.5) is 11.5 Å². The summed E-state index contributed by atoms with van der Waals surface area (Å²) in [5, 5.41) is 19.7. The molecule has 16 heavy (non-hydrogen) atoms. The lowest BCUT2D eigenvalue weighted by Gasteiger charge is -2.37. The van der Waals surface area contributed by atoms with Gasteiger partial charge in [0.25, 0.3) is 0 Å². The molecule has 1 fully saturated rings. The highest BCUT2D eigenvalue weighted by atomic mass is 16.6. The van der Waals surface area contributed by atoms with Gasteiger partial charge < -0.3 is 10.6 Å². The van der Waals surface area contributed by atoms with Crippen LogP contribution in [-0.4, -0.2) is 29.0 Å². The van der Waals surface area contributed by atoms with Crippen molar-refractivity contribution in [2.24, 2.45) is 5.73 Å². The highest BCUT2D eigenvalue weighted by molar-refractivity contribution is 5.66. The van der Waals surface area contributed by atoms with Crippen LogP contribution >= 0.6 is 0 Å². The zero-order valence-electron chi connectivity index (χ0n) is 8.33. The van der Waals surface area contributed by atoms with E-state index < -0.39 is 4.92 Å². The Labute approximate surface area is 91.3 Å². The van der Waals surface area contributed by atoms with E-state index in [0.717, 1.165) is 0 Å². The first-order chi connectivity index (χ1) is 7.63. The minimum absolute atomic E-state index is 0.0205. The van der Waals surface area contributed by atoms with Crippen LogP contribution in [-0.2, 0) is 0 Å². The highest BCUT2D eigenvalue weighted by Crippen LogP contribution is 2.31. The van der Waals surface area contributed by atoms with Crippen LogP contribution in [0, 0.1) is 21.4 Å². The average molecular weight is 219 g/mol. The van der Waals surface area contributed by atoms with E-state index in [4.69, 9.17) is 11.0 Å². The van der Waals surface area contributed by atoms with Crippen molar-refractivity contribution in [3.63, 3.8) is 0 Å². The molecule has 0 aliphatic carbocycles. The van der Waals surface area contributed by atoms with Gasteiger partial charge >= 0.3 is 5.69 Å². The molecule has 2 rings (SSSR count). The van der Waals surface area contributed by atoms with Crippen molar-refractivity contribution >= 4 is 11.5 Å². The van der Waals surface area contributed by atoms with Crippen molar-refractivity contribution in [2.45, 2.75) is 6.04 Å². The lowest BCUT2D eigenvalue weighted by molar-refractivity contribution is -0.384. The van der Waals surface area contributed by atoms with Gasteiger partial charge in [-0.1, -0.05) is 0 Å². The second kappa shape index (κ2) is 3.75. The third-order valence-electron chi connectivity index (χ3n) is 2.42. The molecular formula is C9H9N5O2. The predicted octanol–water partition coefficient (Wildman–Crippen LogP) is 0.00878. The predicted molar refractivity (Wildman–Crippen MR) is 55.8 cm³/mol. The van der Waals surface area contributed by atoms with Gasteiger partial charge in [0.2, 0.25) is 5.82 Å². The van der Waals surface area contributed by atoms with Gasteiger partial charge in [-0.05, 0) is 6.07 Å². The fourth-order valence-corrected chi connectivity index (χ4v) is 1.63. The minimum atomic E-state index is -0.579. The molecule has 0 aromatic carbocycles. The number of hydrogen-bond acceptors (Lipinski definition) is 6. The monoisotopic (exact) mass is 219 g/mol. The summed E-state index contributed by atoms with van der Waals surface area (Å²) in [6, 6.07) is 3.15. The lowest BCUT2D eigenvalue weighted by Crippen LogP contribution is -2.56. The van der Waals surface area contributed by atoms with E-state index in [9.17, 15) is 10.1 Å². The molecule has 1 aliphatic heterocycles. The SMILES string of the molecule is N#Cc1ccnc(N2CC(N)C2)c1[N+](=O)[O-]. The maximum atomic E-state index is 10.9. The first kappa shape index (κ1) is 10.3. The molecule has 1 aliphatic rings. The molecule has 1 saturated heterocycles. The Bertz CT molecular complexity index is 475. The number of nitrogens with zero attached hydrogens (tertiary/aromatic N) is 4. The van der Waals surface area contributed by atoms with E-state index in [0.29, 0.717) is 13.1 Å². The van der Waals surface area contributed by atoms with E-state index in [1.807, 2.05) is 0 Å². The minimum Gasteiger partial charge on any atom is -0.348 e. The molecule has 1 aromatic rings. The first-order valence-electron chi connectivity index (χ1n) is 4.67. The smallest absolute Gasteiger partial charge is 0.329 e. The average Bonchev–Trinajstić information content (AvgIpc) is 2.23. The molecule has 2 heterocycles. The lowest BCUT2D eigenvalue weighted by atomic mass is 10.1. The van der Waals surface area contributed by atoms with Crippen molar-refractivity contribution in [1.82, 2.24) is 4.98 Å². The van der Waals surface area contributed by atoms with Crippen molar-refractivity contribution < 1.29 is 4.92 Å². The summed E-state index contributed by atoms with van der Waals surface area (Å²) < 4.78 is 0. The van der Waals surface area contributed by atoms with Gasteiger partial charge in [0.1, 0.15) is 11.6 Å². The maximum Gasteiger partial charge on any atom is 0.329 e. The molecule has 2 N–H and O–H groups in total. The largest absolute Gasteiger partial charge is 0.348 e. The van der Waals surface area contributed by atoms with Gasteiger partial charge in [-0.2, -0.15) is 5.26 Å². The van der Waals surface area contributed by atoms with Crippen molar-refractivity contribution in [3.05, 3.63) is 27.9 Å². The molecule has 0 saturated carbocycles. The summed E-state index contributed by atoms with van der Waals surface area (Å²) in [7, 11) is 0. The Morgan fingerprint density at radius 3 is 2.88 bits per heavy atom. The molecule has 7 nitrogen and oxygen atoms in total.